The molecule has 9 nitrogen and oxygen atoms in total. The first kappa shape index (κ1) is 32.9. The molecule has 2 amide bonds. The number of hydrogen-bond donors (Lipinski definition) is 1. The average Bonchev–Trinajstić information content (AvgIpc) is 2.96. The van der Waals surface area contributed by atoms with Crippen LogP contribution in [0.4, 0.5) is 5.69 Å². The minimum Gasteiger partial charge on any atom is -0.497 e. The molecule has 0 fully saturated rings. The molecule has 0 saturated heterocycles. The Bertz CT molecular complexity index is 1480. The highest BCUT2D eigenvalue weighted by molar-refractivity contribution is 9.10. The predicted molar refractivity (Wildman–Crippen MR) is 167 cm³/mol. The van der Waals surface area contributed by atoms with E-state index < -0.39 is 28.5 Å². The van der Waals surface area contributed by atoms with Gasteiger partial charge in [-0.2, -0.15) is 0 Å². The molecule has 0 aliphatic carbocycles. The van der Waals surface area contributed by atoms with Gasteiger partial charge in [0.15, 0.2) is 0 Å². The summed E-state index contributed by atoms with van der Waals surface area (Å²) in [6.07, 6.45) is 0.336. The van der Waals surface area contributed by atoms with E-state index in [1.807, 2.05) is 39.8 Å². The molecule has 42 heavy (non-hydrogen) atoms. The van der Waals surface area contributed by atoms with Gasteiger partial charge in [-0.15, -0.1) is 0 Å². The lowest BCUT2D eigenvalue weighted by Crippen LogP contribution is -2.53. The SMILES string of the molecule is CCC(C(=O)NC(C)C)N(Cc1ccc(OC)cc1)C(=O)CN(c1ccc(C)cc1)S(=O)(=O)c1ccc(OC)c(Br)c1. The normalized spacial score (nSPS) is 12.0. The topological polar surface area (TPSA) is 105 Å². The van der Waals surface area contributed by atoms with Crippen LogP contribution in [-0.4, -0.2) is 58.0 Å². The monoisotopic (exact) mass is 659 g/mol. The van der Waals surface area contributed by atoms with Crippen molar-refractivity contribution >= 4 is 43.5 Å². The van der Waals surface area contributed by atoms with Crippen LogP contribution in [0.15, 0.2) is 76.1 Å². The molecule has 3 aromatic carbocycles. The highest BCUT2D eigenvalue weighted by Gasteiger charge is 2.34. The van der Waals surface area contributed by atoms with Gasteiger partial charge in [-0.3, -0.25) is 13.9 Å². The number of rotatable bonds is 13. The fourth-order valence-corrected chi connectivity index (χ4v) is 6.54. The molecule has 0 aromatic heterocycles. The summed E-state index contributed by atoms with van der Waals surface area (Å²) >= 11 is 3.36. The second-order valence-corrected chi connectivity index (χ2v) is 12.8. The van der Waals surface area contributed by atoms with Crippen molar-refractivity contribution in [3.63, 3.8) is 0 Å². The number of aryl methyl sites for hydroxylation is 1. The Balaban J connectivity index is 2.07. The minimum atomic E-state index is -4.21. The summed E-state index contributed by atoms with van der Waals surface area (Å²) in [6.45, 7) is 6.99. The van der Waals surface area contributed by atoms with Gasteiger partial charge in [-0.05, 0) is 91.1 Å². The van der Waals surface area contributed by atoms with Crippen LogP contribution in [0.3, 0.4) is 0 Å². The van der Waals surface area contributed by atoms with Crippen molar-refractivity contribution in [3.8, 4) is 11.5 Å². The summed E-state index contributed by atoms with van der Waals surface area (Å²) in [6, 6.07) is 17.5. The molecule has 1 atom stereocenters. The number of methoxy groups -OCH3 is 2. The first-order chi connectivity index (χ1) is 19.9. The lowest BCUT2D eigenvalue weighted by Gasteiger charge is -2.33. The third-order valence-corrected chi connectivity index (χ3v) is 9.03. The van der Waals surface area contributed by atoms with Crippen LogP contribution in [0.25, 0.3) is 0 Å². The van der Waals surface area contributed by atoms with Crippen LogP contribution in [0.5, 0.6) is 11.5 Å². The van der Waals surface area contributed by atoms with E-state index >= 15 is 0 Å². The van der Waals surface area contributed by atoms with Crippen molar-refractivity contribution in [2.45, 2.75) is 57.6 Å². The summed E-state index contributed by atoms with van der Waals surface area (Å²) < 4.78 is 40.2. The Hall–Kier alpha value is -3.57. The minimum absolute atomic E-state index is 0.0187. The zero-order valence-corrected chi connectivity index (χ0v) is 27.2. The molecule has 0 spiro atoms. The molecular weight excluding hydrogens is 622 g/mol. The van der Waals surface area contributed by atoms with Crippen molar-refractivity contribution < 1.29 is 27.5 Å². The van der Waals surface area contributed by atoms with E-state index in [1.165, 1.54) is 24.1 Å². The average molecular weight is 661 g/mol. The third-order valence-electron chi connectivity index (χ3n) is 6.64. The molecule has 3 aromatic rings. The summed E-state index contributed by atoms with van der Waals surface area (Å²) in [5, 5.41) is 2.90. The highest BCUT2D eigenvalue weighted by Crippen LogP contribution is 2.31. The Labute approximate surface area is 257 Å². The third kappa shape index (κ3) is 8.04. The second kappa shape index (κ2) is 14.6. The summed E-state index contributed by atoms with van der Waals surface area (Å²) in [5.41, 5.74) is 2.03. The number of nitrogens with zero attached hydrogens (tertiary/aromatic N) is 2. The maximum atomic E-state index is 14.1. The molecule has 3 rings (SSSR count). The van der Waals surface area contributed by atoms with E-state index in [0.717, 1.165) is 15.4 Å². The number of carbonyl (C=O) groups is 2. The molecular formula is C31H38BrN3O6S. The lowest BCUT2D eigenvalue weighted by atomic mass is 10.1. The van der Waals surface area contributed by atoms with E-state index in [0.29, 0.717) is 28.1 Å². The zero-order chi connectivity index (χ0) is 31.0. The van der Waals surface area contributed by atoms with Gasteiger partial charge in [0.25, 0.3) is 10.0 Å². The first-order valence-corrected chi connectivity index (χ1v) is 15.8. The lowest BCUT2D eigenvalue weighted by molar-refractivity contribution is -0.140. The number of halogens is 1. The van der Waals surface area contributed by atoms with Crippen LogP contribution in [0.1, 0.15) is 38.3 Å². The quantitative estimate of drug-likeness (QED) is 0.267. The number of nitrogens with one attached hydrogen (secondary N) is 1. The fourth-order valence-electron chi connectivity index (χ4n) is 4.40. The van der Waals surface area contributed by atoms with Crippen LogP contribution in [0, 0.1) is 6.92 Å². The number of benzene rings is 3. The van der Waals surface area contributed by atoms with Gasteiger partial charge in [0, 0.05) is 12.6 Å². The molecule has 0 saturated carbocycles. The maximum absolute atomic E-state index is 14.1. The number of carbonyl (C=O) groups excluding carboxylic acids is 2. The number of hydrogen-bond acceptors (Lipinski definition) is 6. The Morgan fingerprint density at radius 1 is 0.952 bits per heavy atom. The fraction of sp³-hybridized carbons (Fsp3) is 0.355. The number of anilines is 1. The molecule has 0 aliphatic rings. The number of amides is 2. The smallest absolute Gasteiger partial charge is 0.264 e. The van der Waals surface area contributed by atoms with E-state index in [4.69, 9.17) is 9.47 Å². The van der Waals surface area contributed by atoms with E-state index in [-0.39, 0.29) is 23.4 Å². The molecule has 0 heterocycles. The van der Waals surface area contributed by atoms with Gasteiger partial charge >= 0.3 is 0 Å². The van der Waals surface area contributed by atoms with Crippen molar-refractivity contribution in [1.29, 1.82) is 0 Å². The largest absolute Gasteiger partial charge is 0.497 e. The number of ether oxygens (including phenoxy) is 2. The number of sulfonamides is 1. The standard InChI is InChI=1S/C31H38BrN3O6S/c1-7-28(31(37)33-21(2)3)34(19-23-10-14-25(40-5)15-11-23)30(36)20-35(24-12-8-22(4)9-13-24)42(38,39)26-16-17-29(41-6)27(32)18-26/h8-18,21,28H,7,19-20H2,1-6H3,(H,33,37). The molecule has 226 valence electrons. The van der Waals surface area contributed by atoms with Gasteiger partial charge in [0.05, 0.1) is 29.3 Å². The molecule has 11 heteroatoms. The van der Waals surface area contributed by atoms with Crippen molar-refractivity contribution in [1.82, 2.24) is 10.2 Å². The highest BCUT2D eigenvalue weighted by atomic mass is 79.9. The maximum Gasteiger partial charge on any atom is 0.264 e. The summed E-state index contributed by atoms with van der Waals surface area (Å²) in [7, 11) is -1.16. The molecule has 0 aliphatic heterocycles. The van der Waals surface area contributed by atoms with E-state index in [1.54, 1.807) is 49.6 Å². The van der Waals surface area contributed by atoms with Gasteiger partial charge in [0.1, 0.15) is 24.1 Å². The summed E-state index contributed by atoms with van der Waals surface area (Å²) in [4.78, 5) is 28.8. The van der Waals surface area contributed by atoms with E-state index in [2.05, 4.69) is 21.2 Å². The van der Waals surface area contributed by atoms with Gasteiger partial charge in [-0.25, -0.2) is 8.42 Å². The van der Waals surface area contributed by atoms with Crippen LogP contribution in [0.2, 0.25) is 0 Å². The van der Waals surface area contributed by atoms with Crippen LogP contribution < -0.4 is 19.1 Å². The summed E-state index contributed by atoms with van der Waals surface area (Å²) in [5.74, 6) is 0.300. The molecule has 0 radical (unpaired) electrons. The Kier molecular flexibility index (Phi) is 11.4. The zero-order valence-electron chi connectivity index (χ0n) is 24.8. The first-order valence-electron chi connectivity index (χ1n) is 13.6. The van der Waals surface area contributed by atoms with Crippen molar-refractivity contribution in [3.05, 3.63) is 82.3 Å². The van der Waals surface area contributed by atoms with E-state index in [9.17, 15) is 18.0 Å². The Morgan fingerprint density at radius 2 is 1.60 bits per heavy atom. The van der Waals surface area contributed by atoms with Gasteiger partial charge in [0.2, 0.25) is 11.8 Å². The van der Waals surface area contributed by atoms with Crippen molar-refractivity contribution in [2.24, 2.45) is 0 Å². The predicted octanol–water partition coefficient (Wildman–Crippen LogP) is 5.30. The van der Waals surface area contributed by atoms with Crippen LogP contribution >= 0.6 is 15.9 Å². The van der Waals surface area contributed by atoms with Gasteiger partial charge < -0.3 is 19.7 Å². The second-order valence-electron chi connectivity index (χ2n) is 10.1. The molecule has 1 N–H and O–H groups in total. The molecule has 1 unspecified atom stereocenters. The Morgan fingerprint density at radius 3 is 2.12 bits per heavy atom. The van der Waals surface area contributed by atoms with Crippen molar-refractivity contribution in [2.75, 3.05) is 25.1 Å². The van der Waals surface area contributed by atoms with Crippen LogP contribution in [-0.2, 0) is 26.2 Å². The van der Waals surface area contributed by atoms with Gasteiger partial charge in [-0.1, -0.05) is 36.8 Å². The molecule has 0 bridgehead atoms.